The highest BCUT2D eigenvalue weighted by atomic mass is 16.6. The third-order valence-corrected chi connectivity index (χ3v) is 5.13. The molecule has 1 N–H and O–H groups in total. The Kier molecular flexibility index (Phi) is 5.92. The van der Waals surface area contributed by atoms with Gasteiger partial charge < -0.3 is 19.5 Å². The highest BCUT2D eigenvalue weighted by molar-refractivity contribution is 5.99. The summed E-state index contributed by atoms with van der Waals surface area (Å²) in [6.07, 6.45) is 0.300. The first kappa shape index (κ1) is 20.5. The van der Waals surface area contributed by atoms with Crippen molar-refractivity contribution in [1.29, 1.82) is 0 Å². The topological polar surface area (TPSA) is 119 Å². The lowest BCUT2D eigenvalue weighted by atomic mass is 9.76. The zero-order valence-electron chi connectivity index (χ0n) is 15.9. The van der Waals surface area contributed by atoms with Gasteiger partial charge in [0.1, 0.15) is 5.56 Å². The minimum atomic E-state index is -1.06. The molecule has 0 spiro atoms. The number of likely N-dealkylation sites (tertiary alicyclic amines) is 1. The van der Waals surface area contributed by atoms with Crippen LogP contribution in [0.3, 0.4) is 0 Å². The molecule has 1 fully saturated rings. The monoisotopic (exact) mass is 380 g/mol. The van der Waals surface area contributed by atoms with Crippen molar-refractivity contribution in [2.24, 2.45) is 11.3 Å². The molecule has 0 radical (unpaired) electrons. The molecule has 1 aromatic rings. The van der Waals surface area contributed by atoms with E-state index in [9.17, 15) is 24.8 Å². The molecule has 9 heteroatoms. The Morgan fingerprint density at radius 3 is 2.48 bits per heavy atom. The minimum absolute atomic E-state index is 0.00594. The van der Waals surface area contributed by atoms with Crippen molar-refractivity contribution in [2.75, 3.05) is 26.8 Å². The van der Waals surface area contributed by atoms with E-state index in [-0.39, 0.29) is 36.1 Å². The molecule has 1 atom stereocenters. The molecule has 1 aromatic carbocycles. The molecule has 0 aliphatic carbocycles. The maximum absolute atomic E-state index is 13.0. The summed E-state index contributed by atoms with van der Waals surface area (Å²) in [4.78, 5) is 36.9. The van der Waals surface area contributed by atoms with Crippen LogP contribution in [0.4, 0.5) is 5.69 Å². The van der Waals surface area contributed by atoms with E-state index < -0.39 is 27.9 Å². The van der Waals surface area contributed by atoms with Gasteiger partial charge in [0.05, 0.1) is 30.1 Å². The molecule has 1 heterocycles. The Morgan fingerprint density at radius 2 is 2.04 bits per heavy atom. The number of nitro groups is 1. The number of nitro benzene ring substituents is 1. The molecule has 1 aliphatic heterocycles. The number of methoxy groups -OCH3 is 1. The standard InChI is InChI=1S/C18H24N2O7/c1-5-27-15-8-12(13(20(24)25)9-14(15)26-4)16(21)19-7-6-18(10-19,11(2)3)17(22)23/h8-9,11H,5-7,10H2,1-4H3,(H,22,23). The second-order valence-corrected chi connectivity index (χ2v) is 6.80. The van der Waals surface area contributed by atoms with Gasteiger partial charge in [-0.15, -0.1) is 0 Å². The van der Waals surface area contributed by atoms with Gasteiger partial charge in [0.15, 0.2) is 11.5 Å². The Labute approximate surface area is 157 Å². The summed E-state index contributed by atoms with van der Waals surface area (Å²) >= 11 is 0. The molecule has 0 bridgehead atoms. The van der Waals surface area contributed by atoms with Crippen molar-refractivity contribution < 1.29 is 29.1 Å². The van der Waals surface area contributed by atoms with Gasteiger partial charge in [-0.25, -0.2) is 0 Å². The lowest BCUT2D eigenvalue weighted by Crippen LogP contribution is -2.40. The summed E-state index contributed by atoms with van der Waals surface area (Å²) in [5, 5.41) is 21.1. The van der Waals surface area contributed by atoms with Gasteiger partial charge >= 0.3 is 5.97 Å². The first-order chi connectivity index (χ1) is 12.7. The fourth-order valence-corrected chi connectivity index (χ4v) is 3.37. The molecule has 27 heavy (non-hydrogen) atoms. The number of carboxylic acid groups (broad SMARTS) is 1. The number of rotatable bonds is 7. The lowest BCUT2D eigenvalue weighted by molar-refractivity contribution is -0.385. The van der Waals surface area contributed by atoms with Crippen molar-refractivity contribution >= 4 is 17.6 Å². The van der Waals surface area contributed by atoms with Crippen LogP contribution >= 0.6 is 0 Å². The number of carboxylic acids is 1. The number of aliphatic carboxylic acids is 1. The Hall–Kier alpha value is -2.84. The number of amides is 1. The van der Waals surface area contributed by atoms with Crippen LogP contribution in [0, 0.1) is 21.4 Å². The van der Waals surface area contributed by atoms with Gasteiger partial charge in [0, 0.05) is 19.2 Å². The number of hydrogen-bond acceptors (Lipinski definition) is 6. The maximum Gasteiger partial charge on any atom is 0.311 e. The van der Waals surface area contributed by atoms with Crippen molar-refractivity contribution in [3.63, 3.8) is 0 Å². The minimum Gasteiger partial charge on any atom is -0.493 e. The number of ether oxygens (including phenoxy) is 2. The molecule has 1 saturated heterocycles. The van der Waals surface area contributed by atoms with Crippen LogP contribution in [0.15, 0.2) is 12.1 Å². The number of carbonyl (C=O) groups excluding carboxylic acids is 1. The molecule has 2 rings (SSSR count). The number of benzene rings is 1. The number of carbonyl (C=O) groups is 2. The van der Waals surface area contributed by atoms with E-state index in [0.29, 0.717) is 13.0 Å². The molecule has 0 aromatic heterocycles. The zero-order chi connectivity index (χ0) is 20.4. The highest BCUT2D eigenvalue weighted by Gasteiger charge is 2.49. The van der Waals surface area contributed by atoms with Crippen LogP contribution in [-0.2, 0) is 4.79 Å². The van der Waals surface area contributed by atoms with Crippen molar-refractivity contribution in [2.45, 2.75) is 27.2 Å². The SMILES string of the molecule is CCOc1cc(C(=O)N2CCC(C(=O)O)(C(C)C)C2)c([N+](=O)[O-])cc1OC. The van der Waals surface area contributed by atoms with Crippen LogP contribution in [-0.4, -0.2) is 53.6 Å². The van der Waals surface area contributed by atoms with Gasteiger partial charge in [-0.1, -0.05) is 13.8 Å². The molecule has 9 nitrogen and oxygen atoms in total. The van der Waals surface area contributed by atoms with Crippen molar-refractivity contribution in [1.82, 2.24) is 4.90 Å². The quantitative estimate of drug-likeness (QED) is 0.570. The van der Waals surface area contributed by atoms with Crippen LogP contribution < -0.4 is 9.47 Å². The van der Waals surface area contributed by atoms with Crippen molar-refractivity contribution in [3.05, 3.63) is 27.8 Å². The second-order valence-electron chi connectivity index (χ2n) is 6.80. The van der Waals surface area contributed by atoms with Crippen LogP contribution in [0.2, 0.25) is 0 Å². The van der Waals surface area contributed by atoms with E-state index in [1.807, 2.05) is 0 Å². The maximum atomic E-state index is 13.0. The van der Waals surface area contributed by atoms with Crippen LogP contribution in [0.1, 0.15) is 37.6 Å². The third kappa shape index (κ3) is 3.67. The molecule has 1 aliphatic rings. The second kappa shape index (κ2) is 7.81. The lowest BCUT2D eigenvalue weighted by Gasteiger charge is -2.28. The first-order valence-electron chi connectivity index (χ1n) is 8.69. The Morgan fingerprint density at radius 1 is 1.37 bits per heavy atom. The smallest absolute Gasteiger partial charge is 0.311 e. The largest absolute Gasteiger partial charge is 0.493 e. The molecule has 148 valence electrons. The number of nitrogens with zero attached hydrogens (tertiary/aromatic N) is 2. The average molecular weight is 380 g/mol. The normalized spacial score (nSPS) is 19.2. The van der Waals surface area contributed by atoms with Gasteiger partial charge in [0.2, 0.25) is 0 Å². The van der Waals surface area contributed by atoms with Crippen LogP contribution in [0.5, 0.6) is 11.5 Å². The number of hydrogen-bond donors (Lipinski definition) is 1. The van der Waals surface area contributed by atoms with E-state index >= 15 is 0 Å². The molecule has 1 unspecified atom stereocenters. The average Bonchev–Trinajstić information content (AvgIpc) is 3.07. The predicted octanol–water partition coefficient (Wildman–Crippen LogP) is 2.58. The summed E-state index contributed by atoms with van der Waals surface area (Å²) < 4.78 is 10.5. The summed E-state index contributed by atoms with van der Waals surface area (Å²) in [5.41, 5.74) is -1.61. The van der Waals surface area contributed by atoms with Crippen molar-refractivity contribution in [3.8, 4) is 11.5 Å². The third-order valence-electron chi connectivity index (χ3n) is 5.13. The fourth-order valence-electron chi connectivity index (χ4n) is 3.37. The summed E-state index contributed by atoms with van der Waals surface area (Å²) in [6, 6.07) is 2.44. The fraction of sp³-hybridized carbons (Fsp3) is 0.556. The Balaban J connectivity index is 2.45. The van der Waals surface area contributed by atoms with Gasteiger partial charge in [-0.3, -0.25) is 19.7 Å². The van der Waals surface area contributed by atoms with E-state index in [0.717, 1.165) is 6.07 Å². The molecular weight excluding hydrogens is 356 g/mol. The molecule has 0 saturated carbocycles. The predicted molar refractivity (Wildman–Crippen MR) is 96.2 cm³/mol. The Bertz CT molecular complexity index is 762. The van der Waals surface area contributed by atoms with Crippen LogP contribution in [0.25, 0.3) is 0 Å². The zero-order valence-corrected chi connectivity index (χ0v) is 15.9. The molecular formula is C18H24N2O7. The van der Waals surface area contributed by atoms with E-state index in [1.54, 1.807) is 20.8 Å². The highest BCUT2D eigenvalue weighted by Crippen LogP contribution is 2.40. The first-order valence-corrected chi connectivity index (χ1v) is 8.69. The summed E-state index contributed by atoms with van der Waals surface area (Å²) in [7, 11) is 1.35. The van der Waals surface area contributed by atoms with E-state index in [1.165, 1.54) is 18.1 Å². The van der Waals surface area contributed by atoms with E-state index in [4.69, 9.17) is 9.47 Å². The van der Waals surface area contributed by atoms with E-state index in [2.05, 4.69) is 0 Å². The van der Waals surface area contributed by atoms with Gasteiger partial charge in [-0.05, 0) is 19.3 Å². The van der Waals surface area contributed by atoms with Gasteiger partial charge in [0.25, 0.3) is 11.6 Å². The summed E-state index contributed by atoms with van der Waals surface area (Å²) in [5.74, 6) is -1.36. The molecule has 1 amide bonds. The van der Waals surface area contributed by atoms with Gasteiger partial charge in [-0.2, -0.15) is 0 Å². The summed E-state index contributed by atoms with van der Waals surface area (Å²) in [6.45, 7) is 5.85.